The summed E-state index contributed by atoms with van der Waals surface area (Å²) in [6, 6.07) is 22.5. The van der Waals surface area contributed by atoms with E-state index in [-0.39, 0.29) is 11.7 Å². The largest absolute Gasteiger partial charge is 0.492 e. The Hall–Kier alpha value is -3.43. The molecule has 0 radical (unpaired) electrons. The molecule has 9 heteroatoms. The second kappa shape index (κ2) is 13.5. The van der Waals surface area contributed by atoms with Gasteiger partial charge in [0.1, 0.15) is 11.5 Å². The number of nitrogens with one attached hydrogen (secondary N) is 3. The van der Waals surface area contributed by atoms with Gasteiger partial charge in [0.2, 0.25) is 0 Å². The summed E-state index contributed by atoms with van der Waals surface area (Å²) in [7, 11) is 0. The van der Waals surface area contributed by atoms with E-state index in [0.717, 1.165) is 22.0 Å². The molecule has 3 aromatic carbocycles. The Balaban J connectivity index is 1.44. The highest BCUT2D eigenvalue weighted by atomic mass is 79.9. The number of hydrogen-bond acceptors (Lipinski definition) is 5. The summed E-state index contributed by atoms with van der Waals surface area (Å²) >= 11 is 8.55. The predicted molar refractivity (Wildman–Crippen MR) is 142 cm³/mol. The summed E-state index contributed by atoms with van der Waals surface area (Å²) in [5, 5.41) is 2.47. The zero-order valence-corrected chi connectivity index (χ0v) is 21.6. The lowest BCUT2D eigenvalue weighted by Gasteiger charge is -2.14. The molecule has 3 N–H and O–H groups in total. The smallest absolute Gasteiger partial charge is 0.276 e. The van der Waals surface area contributed by atoms with Crippen LogP contribution in [0.2, 0.25) is 0 Å². The number of thiocarbonyl (C=S) groups is 1. The van der Waals surface area contributed by atoms with Crippen LogP contribution in [0.25, 0.3) is 0 Å². The Kier molecular flexibility index (Phi) is 10.1. The molecule has 0 heterocycles. The van der Waals surface area contributed by atoms with E-state index in [0.29, 0.717) is 30.1 Å². The highest BCUT2D eigenvalue weighted by molar-refractivity contribution is 9.10. The monoisotopic (exact) mass is 555 g/mol. The number of benzene rings is 3. The molecule has 0 saturated carbocycles. The first-order valence-electron chi connectivity index (χ1n) is 11.0. The number of carbonyl (C=O) groups is 2. The standard InChI is InChI=1S/C26H26BrN3O4S/c1-2-18-12-13-23(21(27)16-18)34-17-24(31)29-30-26(35)28-25(32)20-10-6-7-11-22(20)33-15-14-19-8-4-3-5-9-19/h3-13,16H,2,14-15,17H2,1H3,(H,29,31)(H2,28,30,32,35). The lowest BCUT2D eigenvalue weighted by Crippen LogP contribution is -2.49. The molecular formula is C26H26BrN3O4S. The molecule has 0 aliphatic carbocycles. The highest BCUT2D eigenvalue weighted by Crippen LogP contribution is 2.26. The number of aryl methyl sites for hydroxylation is 1. The van der Waals surface area contributed by atoms with Crippen LogP contribution in [0.4, 0.5) is 0 Å². The third kappa shape index (κ3) is 8.38. The van der Waals surface area contributed by atoms with Crippen molar-refractivity contribution in [1.29, 1.82) is 0 Å². The molecule has 0 spiro atoms. The second-order valence-corrected chi connectivity index (χ2v) is 8.71. The first-order chi connectivity index (χ1) is 17.0. The number of para-hydroxylation sites is 1. The molecule has 0 atom stereocenters. The van der Waals surface area contributed by atoms with Crippen LogP contribution < -0.4 is 25.6 Å². The first-order valence-corrected chi connectivity index (χ1v) is 12.2. The fraction of sp³-hybridized carbons (Fsp3) is 0.192. The molecule has 2 amide bonds. The van der Waals surface area contributed by atoms with E-state index < -0.39 is 11.8 Å². The Morgan fingerprint density at radius 2 is 1.63 bits per heavy atom. The van der Waals surface area contributed by atoms with Crippen molar-refractivity contribution in [2.75, 3.05) is 13.2 Å². The fourth-order valence-electron chi connectivity index (χ4n) is 3.09. The van der Waals surface area contributed by atoms with E-state index in [1.54, 1.807) is 30.3 Å². The van der Waals surface area contributed by atoms with E-state index in [4.69, 9.17) is 21.7 Å². The van der Waals surface area contributed by atoms with Gasteiger partial charge in [0.25, 0.3) is 11.8 Å². The first kappa shape index (κ1) is 26.2. The maximum Gasteiger partial charge on any atom is 0.276 e. The van der Waals surface area contributed by atoms with Crippen molar-refractivity contribution in [3.63, 3.8) is 0 Å². The minimum Gasteiger partial charge on any atom is -0.492 e. The highest BCUT2D eigenvalue weighted by Gasteiger charge is 2.14. The van der Waals surface area contributed by atoms with Crippen molar-refractivity contribution in [2.45, 2.75) is 19.8 Å². The summed E-state index contributed by atoms with van der Waals surface area (Å²) in [5.74, 6) is 0.0823. The van der Waals surface area contributed by atoms with Crippen LogP contribution in [0.15, 0.2) is 77.3 Å². The SMILES string of the molecule is CCc1ccc(OCC(=O)NNC(=S)NC(=O)c2ccccc2OCCc2ccccc2)c(Br)c1. The van der Waals surface area contributed by atoms with Gasteiger partial charge in [-0.3, -0.25) is 25.8 Å². The lowest BCUT2D eigenvalue weighted by atomic mass is 10.1. The van der Waals surface area contributed by atoms with Crippen molar-refractivity contribution >= 4 is 45.1 Å². The van der Waals surface area contributed by atoms with Gasteiger partial charge in [-0.05, 0) is 70.0 Å². The van der Waals surface area contributed by atoms with Crippen LogP contribution in [-0.2, 0) is 17.6 Å². The minimum absolute atomic E-state index is 0.0593. The van der Waals surface area contributed by atoms with E-state index in [1.165, 1.54) is 0 Å². The molecule has 7 nitrogen and oxygen atoms in total. The van der Waals surface area contributed by atoms with Gasteiger partial charge < -0.3 is 9.47 Å². The van der Waals surface area contributed by atoms with Gasteiger partial charge in [0.15, 0.2) is 11.7 Å². The maximum absolute atomic E-state index is 12.7. The minimum atomic E-state index is -0.460. The molecule has 0 aliphatic heterocycles. The summed E-state index contributed by atoms with van der Waals surface area (Å²) in [6.45, 7) is 2.25. The van der Waals surface area contributed by atoms with Crippen LogP contribution in [0.3, 0.4) is 0 Å². The predicted octanol–water partition coefficient (Wildman–Crippen LogP) is 4.35. The number of rotatable bonds is 9. The zero-order valence-electron chi connectivity index (χ0n) is 19.2. The van der Waals surface area contributed by atoms with Crippen LogP contribution in [0.1, 0.15) is 28.4 Å². The van der Waals surface area contributed by atoms with Gasteiger partial charge in [-0.15, -0.1) is 0 Å². The van der Waals surface area contributed by atoms with Crippen molar-refractivity contribution in [3.05, 3.63) is 94.0 Å². The fourth-order valence-corrected chi connectivity index (χ4v) is 3.78. The van der Waals surface area contributed by atoms with Gasteiger partial charge in [0, 0.05) is 6.42 Å². The third-order valence-corrected chi connectivity index (χ3v) is 5.75. The molecule has 35 heavy (non-hydrogen) atoms. The summed E-state index contributed by atoms with van der Waals surface area (Å²) < 4.78 is 12.1. The molecule has 0 saturated heterocycles. The van der Waals surface area contributed by atoms with E-state index in [1.807, 2.05) is 42.5 Å². The van der Waals surface area contributed by atoms with Gasteiger partial charge in [-0.1, -0.05) is 55.5 Å². The number of hydrogen-bond donors (Lipinski definition) is 3. The average molecular weight is 556 g/mol. The van der Waals surface area contributed by atoms with Crippen LogP contribution in [-0.4, -0.2) is 30.1 Å². The third-order valence-electron chi connectivity index (χ3n) is 4.93. The summed E-state index contributed by atoms with van der Waals surface area (Å²) in [6.07, 6.45) is 1.61. The van der Waals surface area contributed by atoms with Crippen LogP contribution in [0.5, 0.6) is 11.5 Å². The molecular weight excluding hydrogens is 530 g/mol. The average Bonchev–Trinajstić information content (AvgIpc) is 2.87. The number of halogens is 1. The second-order valence-electron chi connectivity index (χ2n) is 7.44. The van der Waals surface area contributed by atoms with E-state index in [2.05, 4.69) is 39.0 Å². The van der Waals surface area contributed by atoms with Crippen molar-refractivity contribution < 1.29 is 19.1 Å². The maximum atomic E-state index is 12.7. The summed E-state index contributed by atoms with van der Waals surface area (Å²) in [5.41, 5.74) is 7.53. The lowest BCUT2D eigenvalue weighted by molar-refractivity contribution is -0.123. The number of hydrazine groups is 1. The topological polar surface area (TPSA) is 88.7 Å². The molecule has 0 unspecified atom stereocenters. The van der Waals surface area contributed by atoms with Crippen LogP contribution >= 0.6 is 28.1 Å². The summed E-state index contributed by atoms with van der Waals surface area (Å²) in [4.78, 5) is 24.8. The molecule has 0 aromatic heterocycles. The Bertz CT molecular complexity index is 1170. The Morgan fingerprint density at radius 3 is 2.37 bits per heavy atom. The van der Waals surface area contributed by atoms with E-state index >= 15 is 0 Å². The zero-order chi connectivity index (χ0) is 25.0. The van der Waals surface area contributed by atoms with Crippen molar-refractivity contribution in [1.82, 2.24) is 16.2 Å². The number of ether oxygens (including phenoxy) is 2. The van der Waals surface area contributed by atoms with Gasteiger partial charge in [-0.2, -0.15) is 0 Å². The van der Waals surface area contributed by atoms with E-state index in [9.17, 15) is 9.59 Å². The van der Waals surface area contributed by atoms with Crippen molar-refractivity contribution in [3.8, 4) is 11.5 Å². The van der Waals surface area contributed by atoms with Crippen LogP contribution in [0, 0.1) is 0 Å². The molecule has 182 valence electrons. The van der Waals surface area contributed by atoms with Gasteiger partial charge in [0.05, 0.1) is 16.6 Å². The molecule has 0 aliphatic rings. The molecule has 0 fully saturated rings. The Morgan fingerprint density at radius 1 is 0.886 bits per heavy atom. The molecule has 0 bridgehead atoms. The number of amides is 2. The van der Waals surface area contributed by atoms with Gasteiger partial charge in [-0.25, -0.2) is 0 Å². The normalized spacial score (nSPS) is 10.2. The molecule has 3 aromatic rings. The van der Waals surface area contributed by atoms with Crippen molar-refractivity contribution in [2.24, 2.45) is 0 Å². The number of carbonyl (C=O) groups excluding carboxylic acids is 2. The Labute approximate surface area is 218 Å². The quantitative estimate of drug-likeness (QED) is 0.269. The molecule has 3 rings (SSSR count). The van der Waals surface area contributed by atoms with Gasteiger partial charge >= 0.3 is 0 Å².